The van der Waals surface area contributed by atoms with E-state index in [2.05, 4.69) is 16.0 Å². The lowest BCUT2D eigenvalue weighted by atomic mass is 10.0. The molecule has 11 heteroatoms. The number of carbonyl (C=O) groups excluding carboxylic acids is 1. The Bertz CT molecular complexity index is 1600. The summed E-state index contributed by atoms with van der Waals surface area (Å²) in [6.45, 7) is 3.11. The maximum atomic E-state index is 14.2. The fourth-order valence-electron chi connectivity index (χ4n) is 5.25. The topological polar surface area (TPSA) is 71.6 Å². The van der Waals surface area contributed by atoms with Crippen molar-refractivity contribution in [1.82, 2.24) is 10.6 Å². The molecule has 6 rings (SSSR count). The Morgan fingerprint density at radius 1 is 0.682 bits per heavy atom. The largest absolute Gasteiger partial charge is 0.488 e. The fraction of sp³-hybridized carbons (Fsp3) is 0.242. The second-order valence-electron chi connectivity index (χ2n) is 10.5. The zero-order valence-corrected chi connectivity index (χ0v) is 25.2. The predicted octanol–water partition coefficient (Wildman–Crippen LogP) is 7.02. The van der Waals surface area contributed by atoms with Gasteiger partial charge in [0.15, 0.2) is 11.6 Å². The molecule has 0 aromatic heterocycles. The van der Waals surface area contributed by atoms with E-state index in [1.54, 1.807) is 48.5 Å². The van der Waals surface area contributed by atoms with Gasteiger partial charge in [-0.15, -0.1) is 24.8 Å². The molecule has 3 N–H and O–H groups in total. The normalized spacial score (nSPS) is 17.3. The number of anilines is 1. The number of hydrogen-bond donors (Lipinski definition) is 3. The maximum absolute atomic E-state index is 14.2. The number of hydrogen-bond acceptors (Lipinski definition) is 5. The van der Waals surface area contributed by atoms with E-state index in [0.717, 1.165) is 55.7 Å². The van der Waals surface area contributed by atoms with E-state index in [-0.39, 0.29) is 42.8 Å². The van der Waals surface area contributed by atoms with Crippen molar-refractivity contribution in [3.63, 3.8) is 0 Å². The van der Waals surface area contributed by atoms with E-state index in [1.165, 1.54) is 18.2 Å². The van der Waals surface area contributed by atoms with Crippen LogP contribution in [-0.2, 0) is 0 Å². The highest BCUT2D eigenvalue weighted by Crippen LogP contribution is 2.36. The SMILES string of the molecule is Cl.Cl.O=C(Nc1ccc(O[C@H]2CCNC2)c(-c2ccc(F)cc2)c1)c1ccc(O[C@H]2CCNC2)c(-c2ccc(F)c(F)c2)c1. The standard InChI is InChI=1S/C33H30F3N3O3.2ClH/c34-23-5-1-20(2-6-23)28-17-24(7-10-32(28)42-26-12-14-38-19-26)39-33(40)22-4-9-31(41-25-11-13-37-18-25)27(15-22)21-3-8-29(35)30(36)16-21;;/h1-10,15-17,25-26,37-38H,11-14,18-19H2,(H,39,40);2*1H/t25-,26-;;/m0../s1. The van der Waals surface area contributed by atoms with Crippen molar-refractivity contribution >= 4 is 36.4 Å². The number of ether oxygens (including phenoxy) is 2. The van der Waals surface area contributed by atoms with Crippen LogP contribution in [0.1, 0.15) is 23.2 Å². The summed E-state index contributed by atoms with van der Waals surface area (Å²) in [6.07, 6.45) is 1.63. The van der Waals surface area contributed by atoms with E-state index in [4.69, 9.17) is 9.47 Å². The summed E-state index contributed by atoms with van der Waals surface area (Å²) >= 11 is 0. The minimum absolute atomic E-state index is 0. The lowest BCUT2D eigenvalue weighted by Crippen LogP contribution is -2.20. The number of carbonyl (C=O) groups is 1. The van der Waals surface area contributed by atoms with Crippen molar-refractivity contribution in [3.05, 3.63) is 102 Å². The Morgan fingerprint density at radius 2 is 1.27 bits per heavy atom. The minimum Gasteiger partial charge on any atom is -0.488 e. The molecule has 0 aliphatic carbocycles. The molecule has 0 unspecified atom stereocenters. The first-order chi connectivity index (χ1) is 20.4. The van der Waals surface area contributed by atoms with E-state index in [0.29, 0.717) is 40.4 Å². The zero-order chi connectivity index (χ0) is 29.1. The lowest BCUT2D eigenvalue weighted by molar-refractivity contribution is 0.102. The van der Waals surface area contributed by atoms with Crippen LogP contribution in [0.3, 0.4) is 0 Å². The third-order valence-corrected chi connectivity index (χ3v) is 7.48. The third-order valence-electron chi connectivity index (χ3n) is 7.48. The van der Waals surface area contributed by atoms with Gasteiger partial charge in [0.05, 0.1) is 0 Å². The van der Waals surface area contributed by atoms with Gasteiger partial charge in [-0.05, 0) is 97.7 Å². The fourth-order valence-corrected chi connectivity index (χ4v) is 5.25. The van der Waals surface area contributed by atoms with Crippen LogP contribution in [0, 0.1) is 17.5 Å². The van der Waals surface area contributed by atoms with Crippen molar-refractivity contribution < 1.29 is 27.4 Å². The molecule has 4 aromatic rings. The Hall–Kier alpha value is -3.76. The third kappa shape index (κ3) is 7.65. The average molecular weight is 647 g/mol. The summed E-state index contributed by atoms with van der Waals surface area (Å²) in [5.74, 6) is -1.57. The van der Waals surface area contributed by atoms with Crippen molar-refractivity contribution in [2.45, 2.75) is 25.0 Å². The minimum atomic E-state index is -0.986. The Kier molecular flexibility index (Phi) is 11.2. The summed E-state index contributed by atoms with van der Waals surface area (Å²) in [5.41, 5.74) is 3.17. The van der Waals surface area contributed by atoms with Gasteiger partial charge in [-0.2, -0.15) is 0 Å². The number of amides is 1. The quantitative estimate of drug-likeness (QED) is 0.192. The predicted molar refractivity (Wildman–Crippen MR) is 170 cm³/mol. The molecule has 1 amide bonds. The van der Waals surface area contributed by atoms with Crippen LogP contribution in [0.4, 0.5) is 18.9 Å². The highest BCUT2D eigenvalue weighted by Gasteiger charge is 2.21. The highest BCUT2D eigenvalue weighted by molar-refractivity contribution is 6.05. The van der Waals surface area contributed by atoms with Crippen LogP contribution in [0.2, 0.25) is 0 Å². The molecular weight excluding hydrogens is 614 g/mol. The van der Waals surface area contributed by atoms with Gasteiger partial charge in [-0.1, -0.05) is 18.2 Å². The van der Waals surface area contributed by atoms with E-state index < -0.39 is 17.5 Å². The molecule has 6 nitrogen and oxygen atoms in total. The van der Waals surface area contributed by atoms with Crippen molar-refractivity contribution in [1.29, 1.82) is 0 Å². The van der Waals surface area contributed by atoms with Gasteiger partial charge in [-0.3, -0.25) is 4.79 Å². The van der Waals surface area contributed by atoms with E-state index in [9.17, 15) is 18.0 Å². The molecule has 0 saturated carbocycles. The van der Waals surface area contributed by atoms with Gasteiger partial charge in [0, 0.05) is 35.5 Å². The Balaban J connectivity index is 0.00000221. The maximum Gasteiger partial charge on any atom is 0.255 e. The van der Waals surface area contributed by atoms with Crippen LogP contribution >= 0.6 is 24.8 Å². The molecular formula is C33H32Cl2F3N3O3. The van der Waals surface area contributed by atoms with Gasteiger partial charge < -0.3 is 25.4 Å². The highest BCUT2D eigenvalue weighted by atomic mass is 35.5. The second kappa shape index (κ2) is 14.8. The van der Waals surface area contributed by atoms with E-state index in [1.807, 2.05) is 0 Å². The number of nitrogens with one attached hydrogen (secondary N) is 3. The van der Waals surface area contributed by atoms with Crippen LogP contribution in [-0.4, -0.2) is 44.3 Å². The summed E-state index contributed by atoms with van der Waals surface area (Å²) in [5, 5.41) is 9.44. The Morgan fingerprint density at radius 3 is 1.86 bits per heavy atom. The summed E-state index contributed by atoms with van der Waals surface area (Å²) < 4.78 is 53.9. The van der Waals surface area contributed by atoms with E-state index >= 15 is 0 Å². The molecule has 2 saturated heterocycles. The second-order valence-corrected chi connectivity index (χ2v) is 10.5. The molecule has 4 aromatic carbocycles. The molecule has 0 spiro atoms. The average Bonchev–Trinajstić information content (AvgIpc) is 3.71. The molecule has 2 aliphatic heterocycles. The molecule has 2 atom stereocenters. The molecule has 232 valence electrons. The van der Waals surface area contributed by atoms with Gasteiger partial charge in [-0.25, -0.2) is 13.2 Å². The number of halogens is 5. The van der Waals surface area contributed by atoms with Gasteiger partial charge >= 0.3 is 0 Å². The van der Waals surface area contributed by atoms with Crippen molar-refractivity contribution in [2.75, 3.05) is 31.5 Å². The summed E-state index contributed by atoms with van der Waals surface area (Å²) in [6, 6.07) is 20.0. The first-order valence-electron chi connectivity index (χ1n) is 14.0. The molecule has 44 heavy (non-hydrogen) atoms. The Labute approximate surface area is 266 Å². The molecule has 2 heterocycles. The summed E-state index contributed by atoms with van der Waals surface area (Å²) in [4.78, 5) is 13.4. The van der Waals surface area contributed by atoms with Crippen LogP contribution in [0.5, 0.6) is 11.5 Å². The summed E-state index contributed by atoms with van der Waals surface area (Å²) in [7, 11) is 0. The van der Waals surface area contributed by atoms with Crippen LogP contribution in [0.25, 0.3) is 22.3 Å². The first kappa shape index (κ1) is 33.1. The molecule has 0 bridgehead atoms. The number of benzene rings is 4. The molecule has 2 aliphatic rings. The monoisotopic (exact) mass is 645 g/mol. The van der Waals surface area contributed by atoms with Gasteiger partial charge in [0.25, 0.3) is 5.91 Å². The molecule has 0 radical (unpaired) electrons. The first-order valence-corrected chi connectivity index (χ1v) is 14.0. The molecule has 2 fully saturated rings. The smallest absolute Gasteiger partial charge is 0.255 e. The van der Waals surface area contributed by atoms with Crippen LogP contribution in [0.15, 0.2) is 78.9 Å². The van der Waals surface area contributed by atoms with Crippen LogP contribution < -0.4 is 25.4 Å². The van der Waals surface area contributed by atoms with Crippen molar-refractivity contribution in [2.24, 2.45) is 0 Å². The van der Waals surface area contributed by atoms with Gasteiger partial charge in [0.2, 0.25) is 0 Å². The number of rotatable bonds is 8. The van der Waals surface area contributed by atoms with Crippen molar-refractivity contribution in [3.8, 4) is 33.8 Å². The zero-order valence-electron chi connectivity index (χ0n) is 23.6. The lowest BCUT2D eigenvalue weighted by Gasteiger charge is -2.19. The van der Waals surface area contributed by atoms with Gasteiger partial charge in [0.1, 0.15) is 29.5 Å².